The zero-order chi connectivity index (χ0) is 17.8. The molecule has 1 aliphatic rings. The Labute approximate surface area is 154 Å². The highest BCUT2D eigenvalue weighted by Crippen LogP contribution is 2.29. The number of hydrogen-bond acceptors (Lipinski definition) is 4. The van der Waals surface area contributed by atoms with Gasteiger partial charge in [0.15, 0.2) is 5.82 Å². The molecule has 2 heterocycles. The maximum absolute atomic E-state index is 5.42. The fraction of sp³-hybridized carbons (Fsp3) is 0.333. The normalized spacial score (nSPS) is 15.3. The van der Waals surface area contributed by atoms with Crippen LogP contribution in [-0.4, -0.2) is 49.6 Å². The molecule has 0 aliphatic carbocycles. The lowest BCUT2D eigenvalue weighted by Crippen LogP contribution is -3.14. The van der Waals surface area contributed by atoms with Crippen LogP contribution in [-0.2, 0) is 4.74 Å². The maximum atomic E-state index is 5.42. The molecule has 0 amide bonds. The zero-order valence-corrected chi connectivity index (χ0v) is 15.2. The number of nitrogens with zero attached hydrogens (tertiary/aromatic N) is 2. The number of ether oxygens (including phenoxy) is 1. The van der Waals surface area contributed by atoms with Gasteiger partial charge in [-0.3, -0.25) is 0 Å². The number of fused-ring (bicyclic) bond motifs is 1. The number of anilines is 1. The van der Waals surface area contributed by atoms with Crippen molar-refractivity contribution < 1.29 is 9.64 Å². The van der Waals surface area contributed by atoms with Crippen molar-refractivity contribution in [3.05, 3.63) is 54.1 Å². The summed E-state index contributed by atoms with van der Waals surface area (Å²) in [5.74, 6) is 0.865. The number of nitrogens with one attached hydrogen (secondary N) is 2. The van der Waals surface area contributed by atoms with Gasteiger partial charge in [0.2, 0.25) is 0 Å². The molecular formula is C21H25N4O+. The van der Waals surface area contributed by atoms with Crippen LogP contribution in [0.4, 0.5) is 5.82 Å². The fourth-order valence-electron chi connectivity index (χ4n) is 3.43. The van der Waals surface area contributed by atoms with Gasteiger partial charge in [0.1, 0.15) is 18.8 Å². The molecule has 0 bridgehead atoms. The quantitative estimate of drug-likeness (QED) is 0.739. The first-order valence-electron chi connectivity index (χ1n) is 9.29. The summed E-state index contributed by atoms with van der Waals surface area (Å²) < 4.78 is 5.42. The highest BCUT2D eigenvalue weighted by molar-refractivity contribution is 5.99. The number of morpholine rings is 1. The van der Waals surface area contributed by atoms with E-state index in [0.29, 0.717) is 0 Å². The van der Waals surface area contributed by atoms with Crippen LogP contribution in [0.25, 0.3) is 22.0 Å². The van der Waals surface area contributed by atoms with Gasteiger partial charge in [-0.1, -0.05) is 54.1 Å². The zero-order valence-electron chi connectivity index (χ0n) is 15.2. The van der Waals surface area contributed by atoms with Gasteiger partial charge in [-0.05, 0) is 6.92 Å². The molecule has 0 atom stereocenters. The second-order valence-corrected chi connectivity index (χ2v) is 6.85. The molecule has 2 N–H and O–H groups in total. The van der Waals surface area contributed by atoms with E-state index in [0.717, 1.165) is 67.2 Å². The topological polar surface area (TPSA) is 51.5 Å². The van der Waals surface area contributed by atoms with Crippen LogP contribution in [0.3, 0.4) is 0 Å². The summed E-state index contributed by atoms with van der Waals surface area (Å²) >= 11 is 0. The fourth-order valence-corrected chi connectivity index (χ4v) is 3.43. The van der Waals surface area contributed by atoms with Crippen LogP contribution in [0.2, 0.25) is 0 Å². The van der Waals surface area contributed by atoms with E-state index in [2.05, 4.69) is 71.0 Å². The van der Waals surface area contributed by atoms with E-state index in [1.807, 2.05) is 0 Å². The maximum Gasteiger partial charge on any atom is 0.156 e. The van der Waals surface area contributed by atoms with Crippen LogP contribution in [0, 0.1) is 6.92 Å². The largest absolute Gasteiger partial charge is 0.370 e. The standard InChI is InChI=1S/C21H24N4O/c1-16-6-8-17(9-7-16)20-18-4-2-3-5-19(18)21(24-23-20)22-10-11-25-12-14-26-15-13-25/h2-9H,10-15H2,1H3,(H,22,24)/p+1. The van der Waals surface area contributed by atoms with E-state index in [9.17, 15) is 0 Å². The molecule has 0 spiro atoms. The molecule has 4 rings (SSSR count). The predicted molar refractivity (Wildman–Crippen MR) is 105 cm³/mol. The van der Waals surface area contributed by atoms with Crippen LogP contribution < -0.4 is 10.2 Å². The predicted octanol–water partition coefficient (Wildman–Crippen LogP) is 1.93. The third kappa shape index (κ3) is 3.69. The Morgan fingerprint density at radius 1 is 0.962 bits per heavy atom. The van der Waals surface area contributed by atoms with Crippen LogP contribution in [0.5, 0.6) is 0 Å². The Bertz CT molecular complexity index is 873. The summed E-state index contributed by atoms with van der Waals surface area (Å²) in [7, 11) is 0. The van der Waals surface area contributed by atoms with E-state index in [1.54, 1.807) is 4.90 Å². The van der Waals surface area contributed by atoms with Gasteiger partial charge in [-0.15, -0.1) is 10.2 Å². The molecule has 2 aromatic carbocycles. The smallest absolute Gasteiger partial charge is 0.156 e. The lowest BCUT2D eigenvalue weighted by Gasteiger charge is -2.23. The first kappa shape index (κ1) is 16.9. The lowest BCUT2D eigenvalue weighted by molar-refractivity contribution is -0.906. The summed E-state index contributed by atoms with van der Waals surface area (Å²) in [5.41, 5.74) is 3.28. The van der Waals surface area contributed by atoms with Gasteiger partial charge < -0.3 is 15.0 Å². The summed E-state index contributed by atoms with van der Waals surface area (Å²) in [5, 5.41) is 14.8. The van der Waals surface area contributed by atoms with E-state index in [4.69, 9.17) is 4.74 Å². The Hall–Kier alpha value is -2.50. The van der Waals surface area contributed by atoms with Crippen LogP contribution in [0.1, 0.15) is 5.56 Å². The average molecular weight is 349 g/mol. The van der Waals surface area contributed by atoms with Gasteiger partial charge >= 0.3 is 0 Å². The van der Waals surface area contributed by atoms with E-state index < -0.39 is 0 Å². The molecule has 0 unspecified atom stereocenters. The van der Waals surface area contributed by atoms with Gasteiger partial charge in [-0.2, -0.15) is 0 Å². The van der Waals surface area contributed by atoms with Crippen LogP contribution in [0.15, 0.2) is 48.5 Å². The number of quaternary nitrogens is 1. The number of hydrogen-bond donors (Lipinski definition) is 2. The third-order valence-electron chi connectivity index (χ3n) is 4.98. The average Bonchev–Trinajstić information content (AvgIpc) is 2.70. The van der Waals surface area contributed by atoms with Crippen molar-refractivity contribution in [2.24, 2.45) is 0 Å². The molecule has 5 heteroatoms. The second-order valence-electron chi connectivity index (χ2n) is 6.85. The van der Waals surface area contributed by atoms with Gasteiger partial charge in [0, 0.05) is 16.3 Å². The highest BCUT2D eigenvalue weighted by atomic mass is 16.5. The summed E-state index contributed by atoms with van der Waals surface area (Å²) in [6, 6.07) is 16.8. The SMILES string of the molecule is Cc1ccc(-c2nnc(NCC[NH+]3CCOCC3)c3ccccc23)cc1. The Kier molecular flexibility index (Phi) is 5.09. The van der Waals surface area contributed by atoms with Crippen molar-refractivity contribution in [2.75, 3.05) is 44.7 Å². The molecule has 0 radical (unpaired) electrons. The molecule has 5 nitrogen and oxygen atoms in total. The molecule has 1 saturated heterocycles. The molecule has 1 aliphatic heterocycles. The first-order chi connectivity index (χ1) is 12.8. The molecule has 1 aromatic heterocycles. The molecule has 26 heavy (non-hydrogen) atoms. The van der Waals surface area contributed by atoms with Crippen molar-refractivity contribution in [2.45, 2.75) is 6.92 Å². The van der Waals surface area contributed by atoms with Crippen molar-refractivity contribution in [1.29, 1.82) is 0 Å². The summed E-state index contributed by atoms with van der Waals surface area (Å²) in [6.07, 6.45) is 0. The van der Waals surface area contributed by atoms with Crippen molar-refractivity contribution in [1.82, 2.24) is 10.2 Å². The number of aromatic nitrogens is 2. The second kappa shape index (κ2) is 7.81. The Balaban J connectivity index is 1.56. The third-order valence-corrected chi connectivity index (χ3v) is 4.98. The minimum atomic E-state index is 0.864. The Morgan fingerprint density at radius 2 is 1.69 bits per heavy atom. The van der Waals surface area contributed by atoms with E-state index >= 15 is 0 Å². The van der Waals surface area contributed by atoms with E-state index in [1.165, 1.54) is 5.56 Å². The minimum absolute atomic E-state index is 0.864. The van der Waals surface area contributed by atoms with Crippen molar-refractivity contribution in [3.8, 4) is 11.3 Å². The lowest BCUT2D eigenvalue weighted by atomic mass is 10.0. The number of aryl methyl sites for hydroxylation is 1. The molecule has 134 valence electrons. The first-order valence-corrected chi connectivity index (χ1v) is 9.29. The molecule has 3 aromatic rings. The number of rotatable bonds is 5. The van der Waals surface area contributed by atoms with Gasteiger partial charge in [-0.25, -0.2) is 0 Å². The van der Waals surface area contributed by atoms with Gasteiger partial charge in [0.05, 0.1) is 26.3 Å². The minimum Gasteiger partial charge on any atom is -0.370 e. The molecular weight excluding hydrogens is 324 g/mol. The highest BCUT2D eigenvalue weighted by Gasteiger charge is 2.14. The van der Waals surface area contributed by atoms with E-state index in [-0.39, 0.29) is 0 Å². The van der Waals surface area contributed by atoms with Crippen LogP contribution >= 0.6 is 0 Å². The Morgan fingerprint density at radius 3 is 2.46 bits per heavy atom. The molecule has 0 saturated carbocycles. The van der Waals surface area contributed by atoms with Crippen molar-refractivity contribution in [3.63, 3.8) is 0 Å². The number of benzene rings is 2. The van der Waals surface area contributed by atoms with Crippen molar-refractivity contribution >= 4 is 16.6 Å². The molecule has 1 fully saturated rings. The summed E-state index contributed by atoms with van der Waals surface area (Å²) in [6.45, 7) is 7.95. The van der Waals surface area contributed by atoms with Gasteiger partial charge in [0.25, 0.3) is 0 Å². The monoisotopic (exact) mass is 349 g/mol. The summed E-state index contributed by atoms with van der Waals surface area (Å²) in [4.78, 5) is 1.58.